The third-order valence-electron chi connectivity index (χ3n) is 4.27. The van der Waals surface area contributed by atoms with E-state index >= 15 is 0 Å². The minimum atomic E-state index is -3.56. The first-order valence-electron chi connectivity index (χ1n) is 8.08. The highest BCUT2D eigenvalue weighted by Gasteiger charge is 2.33. The summed E-state index contributed by atoms with van der Waals surface area (Å²) in [4.78, 5) is 0. The number of ether oxygens (including phenoxy) is 1. The number of nitrogens with one attached hydrogen (secondary N) is 1. The van der Waals surface area contributed by atoms with Gasteiger partial charge in [0.1, 0.15) is 11.6 Å². The molecule has 0 radical (unpaired) electrons. The third kappa shape index (κ3) is 4.18. The minimum absolute atomic E-state index is 0.115. The lowest BCUT2D eigenvalue weighted by Gasteiger charge is -2.35. The van der Waals surface area contributed by atoms with Crippen LogP contribution in [0.1, 0.15) is 17.2 Å². The number of hydrogen-bond donors (Lipinski definition) is 1. The van der Waals surface area contributed by atoms with E-state index in [2.05, 4.69) is 5.32 Å². The van der Waals surface area contributed by atoms with Gasteiger partial charge in [0.25, 0.3) is 0 Å². The second kappa shape index (κ2) is 7.51. The summed E-state index contributed by atoms with van der Waals surface area (Å²) in [6.45, 7) is 1.39. The van der Waals surface area contributed by atoms with Crippen molar-refractivity contribution in [3.05, 3.63) is 65.5 Å². The molecule has 0 bridgehead atoms. The second-order valence-electron chi connectivity index (χ2n) is 5.99. The zero-order chi connectivity index (χ0) is 17.9. The van der Waals surface area contributed by atoms with E-state index in [1.165, 1.54) is 16.4 Å². The SMILES string of the molecule is COc1cccc(CS(=O)(=O)N2CCNCC2c2cccc(F)c2)c1. The molecule has 7 heteroatoms. The predicted molar refractivity (Wildman–Crippen MR) is 94.3 cm³/mol. The summed E-state index contributed by atoms with van der Waals surface area (Å²) in [6.07, 6.45) is 0. The van der Waals surface area contributed by atoms with E-state index in [9.17, 15) is 12.8 Å². The van der Waals surface area contributed by atoms with Crippen LogP contribution in [0.2, 0.25) is 0 Å². The van der Waals surface area contributed by atoms with Gasteiger partial charge in [-0.2, -0.15) is 4.31 Å². The molecule has 1 saturated heterocycles. The zero-order valence-corrected chi connectivity index (χ0v) is 14.8. The van der Waals surface area contributed by atoms with E-state index in [0.29, 0.717) is 36.5 Å². The first kappa shape index (κ1) is 17.8. The summed E-state index contributed by atoms with van der Waals surface area (Å²) in [5.74, 6) is 0.138. The van der Waals surface area contributed by atoms with E-state index in [1.807, 2.05) is 0 Å². The van der Waals surface area contributed by atoms with E-state index in [-0.39, 0.29) is 11.6 Å². The largest absolute Gasteiger partial charge is 0.497 e. The van der Waals surface area contributed by atoms with Crippen LogP contribution in [0.4, 0.5) is 4.39 Å². The number of nitrogens with zero attached hydrogens (tertiary/aromatic N) is 1. The van der Waals surface area contributed by atoms with Crippen molar-refractivity contribution in [3.63, 3.8) is 0 Å². The van der Waals surface area contributed by atoms with E-state index in [4.69, 9.17) is 4.74 Å². The molecule has 25 heavy (non-hydrogen) atoms. The molecule has 0 spiro atoms. The Morgan fingerprint density at radius 3 is 2.80 bits per heavy atom. The van der Waals surface area contributed by atoms with Crippen LogP contribution in [-0.4, -0.2) is 39.5 Å². The van der Waals surface area contributed by atoms with Crippen molar-refractivity contribution in [2.45, 2.75) is 11.8 Å². The minimum Gasteiger partial charge on any atom is -0.497 e. The van der Waals surface area contributed by atoms with Crippen LogP contribution in [0.3, 0.4) is 0 Å². The number of hydrogen-bond acceptors (Lipinski definition) is 4. The number of methoxy groups -OCH3 is 1. The van der Waals surface area contributed by atoms with Crippen LogP contribution < -0.4 is 10.1 Å². The molecule has 1 aliphatic heterocycles. The van der Waals surface area contributed by atoms with Gasteiger partial charge >= 0.3 is 0 Å². The van der Waals surface area contributed by atoms with Crippen LogP contribution >= 0.6 is 0 Å². The van der Waals surface area contributed by atoms with Crippen LogP contribution in [0.5, 0.6) is 5.75 Å². The fraction of sp³-hybridized carbons (Fsp3) is 0.333. The molecule has 1 fully saturated rings. The van der Waals surface area contributed by atoms with Crippen LogP contribution in [0.25, 0.3) is 0 Å². The molecule has 1 aliphatic rings. The first-order chi connectivity index (χ1) is 12.0. The summed E-state index contributed by atoms with van der Waals surface area (Å²) in [5.41, 5.74) is 1.32. The van der Waals surface area contributed by atoms with Crippen molar-refractivity contribution in [1.82, 2.24) is 9.62 Å². The number of halogens is 1. The quantitative estimate of drug-likeness (QED) is 0.885. The topological polar surface area (TPSA) is 58.6 Å². The van der Waals surface area contributed by atoms with Gasteiger partial charge in [0.2, 0.25) is 10.0 Å². The number of benzene rings is 2. The Morgan fingerprint density at radius 1 is 1.24 bits per heavy atom. The van der Waals surface area contributed by atoms with Gasteiger partial charge in [-0.3, -0.25) is 0 Å². The summed E-state index contributed by atoms with van der Waals surface area (Å²) in [5, 5.41) is 3.19. The average molecular weight is 364 g/mol. The lowest BCUT2D eigenvalue weighted by atomic mass is 10.1. The Kier molecular flexibility index (Phi) is 5.36. The lowest BCUT2D eigenvalue weighted by Crippen LogP contribution is -2.48. The van der Waals surface area contributed by atoms with Crippen molar-refractivity contribution < 1.29 is 17.5 Å². The fourth-order valence-corrected chi connectivity index (χ4v) is 4.79. The molecule has 0 amide bonds. The number of sulfonamides is 1. The van der Waals surface area contributed by atoms with Crippen LogP contribution in [0.15, 0.2) is 48.5 Å². The molecular formula is C18H21FN2O3S. The molecule has 5 nitrogen and oxygen atoms in total. The van der Waals surface area contributed by atoms with Gasteiger partial charge in [-0.05, 0) is 35.4 Å². The second-order valence-corrected chi connectivity index (χ2v) is 7.91. The Hall–Kier alpha value is -1.96. The maximum Gasteiger partial charge on any atom is 0.218 e. The van der Waals surface area contributed by atoms with E-state index in [1.54, 1.807) is 43.5 Å². The predicted octanol–water partition coefficient (Wildman–Crippen LogP) is 2.31. The summed E-state index contributed by atoms with van der Waals surface area (Å²) in [7, 11) is -2.01. The smallest absolute Gasteiger partial charge is 0.218 e. The van der Waals surface area contributed by atoms with Gasteiger partial charge in [-0.25, -0.2) is 12.8 Å². The fourth-order valence-electron chi connectivity index (χ4n) is 3.07. The molecule has 1 unspecified atom stereocenters. The molecule has 1 N–H and O–H groups in total. The molecule has 0 saturated carbocycles. The Bertz CT molecular complexity index is 842. The van der Waals surface area contributed by atoms with E-state index < -0.39 is 16.1 Å². The van der Waals surface area contributed by atoms with Crippen LogP contribution in [-0.2, 0) is 15.8 Å². The van der Waals surface area contributed by atoms with Crippen molar-refractivity contribution in [3.8, 4) is 5.75 Å². The summed E-state index contributed by atoms with van der Waals surface area (Å²) < 4.78 is 46.2. The van der Waals surface area contributed by atoms with Gasteiger partial charge in [0, 0.05) is 19.6 Å². The maximum atomic E-state index is 13.6. The molecule has 1 atom stereocenters. The highest BCUT2D eigenvalue weighted by Crippen LogP contribution is 2.28. The Balaban J connectivity index is 1.87. The first-order valence-corrected chi connectivity index (χ1v) is 9.69. The van der Waals surface area contributed by atoms with Crippen LogP contribution in [0, 0.1) is 5.82 Å². The zero-order valence-electron chi connectivity index (χ0n) is 14.0. The summed E-state index contributed by atoms with van der Waals surface area (Å²) >= 11 is 0. The third-order valence-corrected chi connectivity index (χ3v) is 6.12. The van der Waals surface area contributed by atoms with Crippen molar-refractivity contribution in [1.29, 1.82) is 0 Å². The molecule has 0 aromatic heterocycles. The number of rotatable bonds is 5. The van der Waals surface area contributed by atoms with Gasteiger partial charge in [0.15, 0.2) is 0 Å². The van der Waals surface area contributed by atoms with Gasteiger partial charge in [-0.15, -0.1) is 0 Å². The van der Waals surface area contributed by atoms with Crippen molar-refractivity contribution >= 4 is 10.0 Å². The van der Waals surface area contributed by atoms with E-state index in [0.717, 1.165) is 0 Å². The highest BCUT2D eigenvalue weighted by molar-refractivity contribution is 7.88. The monoisotopic (exact) mass is 364 g/mol. The van der Waals surface area contributed by atoms with Gasteiger partial charge < -0.3 is 10.1 Å². The molecular weight excluding hydrogens is 343 g/mol. The molecule has 2 aromatic rings. The number of piperazine rings is 1. The standard InChI is InChI=1S/C18H21FN2O3S/c1-24-17-7-2-4-14(10-17)13-25(22,23)21-9-8-20-12-18(21)15-5-3-6-16(19)11-15/h2-7,10-11,18,20H,8-9,12-13H2,1H3. The van der Waals surface area contributed by atoms with Crippen molar-refractivity contribution in [2.75, 3.05) is 26.7 Å². The Morgan fingerprint density at radius 2 is 2.04 bits per heavy atom. The molecule has 134 valence electrons. The lowest BCUT2D eigenvalue weighted by molar-refractivity contribution is 0.270. The molecule has 1 heterocycles. The average Bonchev–Trinajstić information content (AvgIpc) is 2.61. The Labute approximate surface area is 147 Å². The molecule has 0 aliphatic carbocycles. The normalized spacial score (nSPS) is 18.9. The van der Waals surface area contributed by atoms with Gasteiger partial charge in [-0.1, -0.05) is 24.3 Å². The highest BCUT2D eigenvalue weighted by atomic mass is 32.2. The maximum absolute atomic E-state index is 13.6. The van der Waals surface area contributed by atoms with Crippen molar-refractivity contribution in [2.24, 2.45) is 0 Å². The van der Waals surface area contributed by atoms with Gasteiger partial charge in [0.05, 0.1) is 18.9 Å². The molecule has 3 rings (SSSR count). The molecule has 2 aromatic carbocycles. The summed E-state index contributed by atoms with van der Waals surface area (Å²) in [6, 6.07) is 12.7.